The number of carboxylic acids is 1. The molecule has 3 N–H and O–H groups in total. The number of esters is 1. The largest absolute Gasteiger partial charge is 0.478 e. The van der Waals surface area contributed by atoms with Crippen LogP contribution in [0.4, 0.5) is 5.69 Å². The number of hydrogen-bond acceptors (Lipinski definition) is 5. The number of aromatic nitrogens is 1. The van der Waals surface area contributed by atoms with Gasteiger partial charge >= 0.3 is 11.9 Å². The quantitative estimate of drug-likeness (QED) is 0.720. The van der Waals surface area contributed by atoms with Crippen LogP contribution in [0.2, 0.25) is 0 Å². The zero-order valence-corrected chi connectivity index (χ0v) is 8.77. The van der Waals surface area contributed by atoms with Gasteiger partial charge in [0.05, 0.1) is 30.5 Å². The van der Waals surface area contributed by atoms with Crippen LogP contribution in [0.5, 0.6) is 0 Å². The molecule has 0 aliphatic heterocycles. The van der Waals surface area contributed by atoms with Crippen molar-refractivity contribution in [1.29, 1.82) is 0 Å². The van der Waals surface area contributed by atoms with E-state index in [1.54, 1.807) is 6.92 Å². The molecule has 0 atom stereocenters. The third kappa shape index (κ3) is 2.69. The van der Waals surface area contributed by atoms with Crippen molar-refractivity contribution in [1.82, 2.24) is 4.98 Å². The molecule has 0 saturated carbocycles. The van der Waals surface area contributed by atoms with E-state index in [1.807, 2.05) is 0 Å². The SMILES string of the molecule is CCOC(=O)Cc1cncc(N)c1C(=O)O. The first-order chi connectivity index (χ1) is 7.56. The molecule has 6 heteroatoms. The Morgan fingerprint density at radius 1 is 1.50 bits per heavy atom. The van der Waals surface area contributed by atoms with E-state index in [2.05, 4.69) is 4.98 Å². The van der Waals surface area contributed by atoms with E-state index in [0.717, 1.165) is 0 Å². The lowest BCUT2D eigenvalue weighted by molar-refractivity contribution is -0.142. The minimum absolute atomic E-state index is 0.0364. The Kier molecular flexibility index (Phi) is 3.82. The van der Waals surface area contributed by atoms with Crippen LogP contribution >= 0.6 is 0 Å². The first kappa shape index (κ1) is 12.0. The molecule has 0 radical (unpaired) electrons. The lowest BCUT2D eigenvalue weighted by atomic mass is 10.1. The molecule has 16 heavy (non-hydrogen) atoms. The molecular weight excluding hydrogens is 212 g/mol. The summed E-state index contributed by atoms with van der Waals surface area (Å²) in [5.74, 6) is -1.68. The Labute approximate surface area is 92.0 Å². The number of carbonyl (C=O) groups is 2. The lowest BCUT2D eigenvalue weighted by Crippen LogP contribution is -2.13. The average molecular weight is 224 g/mol. The van der Waals surface area contributed by atoms with Gasteiger partial charge in [0.2, 0.25) is 0 Å². The van der Waals surface area contributed by atoms with Gasteiger partial charge < -0.3 is 15.6 Å². The highest BCUT2D eigenvalue weighted by Gasteiger charge is 2.17. The highest BCUT2D eigenvalue weighted by atomic mass is 16.5. The smallest absolute Gasteiger partial charge is 0.338 e. The maximum Gasteiger partial charge on any atom is 0.338 e. The van der Waals surface area contributed by atoms with Gasteiger partial charge in [-0.2, -0.15) is 0 Å². The third-order valence-electron chi connectivity index (χ3n) is 1.91. The van der Waals surface area contributed by atoms with E-state index in [1.165, 1.54) is 12.4 Å². The molecule has 0 aromatic carbocycles. The standard InChI is InChI=1S/C10H12N2O4/c1-2-16-8(13)3-6-4-12-5-7(11)9(6)10(14)15/h4-5H,2-3,11H2,1H3,(H,14,15). The molecule has 0 saturated heterocycles. The van der Waals surface area contributed by atoms with Crippen LogP contribution in [-0.2, 0) is 16.0 Å². The number of hydrogen-bond donors (Lipinski definition) is 2. The molecule has 0 unspecified atom stereocenters. The molecule has 0 spiro atoms. The molecule has 0 amide bonds. The van der Waals surface area contributed by atoms with Crippen molar-refractivity contribution >= 4 is 17.6 Å². The Bertz CT molecular complexity index is 417. The van der Waals surface area contributed by atoms with E-state index >= 15 is 0 Å². The lowest BCUT2D eigenvalue weighted by Gasteiger charge is -2.07. The van der Waals surface area contributed by atoms with E-state index in [-0.39, 0.29) is 29.8 Å². The van der Waals surface area contributed by atoms with Crippen LogP contribution in [0.25, 0.3) is 0 Å². The highest BCUT2D eigenvalue weighted by molar-refractivity contribution is 5.96. The van der Waals surface area contributed by atoms with Crippen LogP contribution in [0, 0.1) is 0 Å². The van der Waals surface area contributed by atoms with Crippen molar-refractivity contribution in [3.63, 3.8) is 0 Å². The third-order valence-corrected chi connectivity index (χ3v) is 1.91. The molecule has 1 rings (SSSR count). The number of anilines is 1. The second-order valence-corrected chi connectivity index (χ2v) is 3.05. The fourth-order valence-electron chi connectivity index (χ4n) is 1.28. The minimum atomic E-state index is -1.18. The van der Waals surface area contributed by atoms with Gasteiger partial charge in [0.25, 0.3) is 0 Å². The Balaban J connectivity index is 3.00. The Hall–Kier alpha value is -2.11. The molecule has 1 aromatic rings. The first-order valence-corrected chi connectivity index (χ1v) is 4.67. The van der Waals surface area contributed by atoms with Gasteiger partial charge in [-0.25, -0.2) is 4.79 Å². The van der Waals surface area contributed by atoms with Crippen LogP contribution in [0.3, 0.4) is 0 Å². The van der Waals surface area contributed by atoms with Gasteiger partial charge in [0, 0.05) is 6.20 Å². The summed E-state index contributed by atoms with van der Waals surface area (Å²) in [6.07, 6.45) is 2.39. The van der Waals surface area contributed by atoms with Gasteiger partial charge in [-0.1, -0.05) is 0 Å². The normalized spacial score (nSPS) is 9.81. The zero-order valence-electron chi connectivity index (χ0n) is 8.77. The molecule has 0 fully saturated rings. The van der Waals surface area contributed by atoms with Crippen LogP contribution in [-0.4, -0.2) is 28.6 Å². The predicted octanol–water partition coefficient (Wildman–Crippen LogP) is 0.468. The summed E-state index contributed by atoms with van der Waals surface area (Å²) in [5, 5.41) is 8.93. The molecule has 86 valence electrons. The number of pyridine rings is 1. The van der Waals surface area contributed by atoms with Crippen LogP contribution < -0.4 is 5.73 Å². The predicted molar refractivity (Wildman–Crippen MR) is 55.9 cm³/mol. The van der Waals surface area contributed by atoms with E-state index < -0.39 is 11.9 Å². The summed E-state index contributed by atoms with van der Waals surface area (Å²) in [4.78, 5) is 25.9. The summed E-state index contributed by atoms with van der Waals surface area (Å²) in [6, 6.07) is 0. The monoisotopic (exact) mass is 224 g/mol. The van der Waals surface area contributed by atoms with Gasteiger partial charge in [0.15, 0.2) is 0 Å². The second kappa shape index (κ2) is 5.11. The van der Waals surface area contributed by atoms with Crippen molar-refractivity contribution in [2.75, 3.05) is 12.3 Å². The van der Waals surface area contributed by atoms with Crippen molar-refractivity contribution in [3.05, 3.63) is 23.5 Å². The summed E-state index contributed by atoms with van der Waals surface area (Å²) in [7, 11) is 0. The summed E-state index contributed by atoms with van der Waals surface area (Å²) < 4.78 is 4.72. The maximum atomic E-state index is 11.2. The van der Waals surface area contributed by atoms with E-state index in [4.69, 9.17) is 15.6 Å². The number of carbonyl (C=O) groups excluding carboxylic acids is 1. The molecule has 0 aliphatic rings. The van der Waals surface area contributed by atoms with Crippen molar-refractivity contribution in [3.8, 4) is 0 Å². The molecule has 6 nitrogen and oxygen atoms in total. The van der Waals surface area contributed by atoms with Gasteiger partial charge in [-0.05, 0) is 12.5 Å². The first-order valence-electron chi connectivity index (χ1n) is 4.67. The van der Waals surface area contributed by atoms with Crippen LogP contribution in [0.1, 0.15) is 22.8 Å². The maximum absolute atomic E-state index is 11.2. The summed E-state index contributed by atoms with van der Waals surface area (Å²) >= 11 is 0. The number of carboxylic acid groups (broad SMARTS) is 1. The van der Waals surface area contributed by atoms with E-state index in [9.17, 15) is 9.59 Å². The number of ether oxygens (including phenoxy) is 1. The number of nitrogens with zero attached hydrogens (tertiary/aromatic N) is 1. The van der Waals surface area contributed by atoms with Gasteiger partial charge in [-0.3, -0.25) is 9.78 Å². The molecular formula is C10H12N2O4. The summed E-state index contributed by atoms with van der Waals surface area (Å²) in [5.41, 5.74) is 5.67. The Morgan fingerprint density at radius 2 is 2.19 bits per heavy atom. The second-order valence-electron chi connectivity index (χ2n) is 3.05. The fraction of sp³-hybridized carbons (Fsp3) is 0.300. The number of nitrogen functional groups attached to an aromatic ring is 1. The van der Waals surface area contributed by atoms with Crippen molar-refractivity contribution in [2.24, 2.45) is 0 Å². The van der Waals surface area contributed by atoms with Crippen molar-refractivity contribution < 1.29 is 19.4 Å². The topological polar surface area (TPSA) is 103 Å². The number of rotatable bonds is 4. The highest BCUT2D eigenvalue weighted by Crippen LogP contribution is 2.16. The average Bonchev–Trinajstić information content (AvgIpc) is 2.17. The number of nitrogens with two attached hydrogens (primary N) is 1. The summed E-state index contributed by atoms with van der Waals surface area (Å²) in [6.45, 7) is 1.92. The molecule has 1 aromatic heterocycles. The molecule has 0 aliphatic carbocycles. The minimum Gasteiger partial charge on any atom is -0.478 e. The zero-order chi connectivity index (χ0) is 12.1. The molecule has 1 heterocycles. The fourth-order valence-corrected chi connectivity index (χ4v) is 1.28. The van der Waals surface area contributed by atoms with Crippen molar-refractivity contribution in [2.45, 2.75) is 13.3 Å². The number of aromatic carboxylic acids is 1. The van der Waals surface area contributed by atoms with E-state index in [0.29, 0.717) is 0 Å². The Morgan fingerprint density at radius 3 is 2.75 bits per heavy atom. The van der Waals surface area contributed by atoms with Gasteiger partial charge in [0.1, 0.15) is 0 Å². The van der Waals surface area contributed by atoms with Gasteiger partial charge in [-0.15, -0.1) is 0 Å². The van der Waals surface area contributed by atoms with Crippen LogP contribution in [0.15, 0.2) is 12.4 Å². The molecule has 0 bridgehead atoms.